The van der Waals surface area contributed by atoms with E-state index >= 15 is 0 Å². The predicted octanol–water partition coefficient (Wildman–Crippen LogP) is 5.25. The summed E-state index contributed by atoms with van der Waals surface area (Å²) in [6.07, 6.45) is 0. The third kappa shape index (κ3) is 178. The van der Waals surface area contributed by atoms with E-state index in [0.717, 1.165) is 124 Å². The van der Waals surface area contributed by atoms with Crippen molar-refractivity contribution in [2.75, 3.05) is 131 Å². The van der Waals surface area contributed by atoms with Gasteiger partial charge in [-0.3, -0.25) is 0 Å². The minimum atomic E-state index is 0.279. The van der Waals surface area contributed by atoms with E-state index in [1.807, 2.05) is 0 Å². The van der Waals surface area contributed by atoms with Gasteiger partial charge in [0, 0.05) is 6.54 Å². The second-order valence-electron chi connectivity index (χ2n) is 9.41. The highest BCUT2D eigenvalue weighted by Crippen LogP contribution is 1.82. The number of nitrogens with one attached hydrogen (secondary N) is 8. The van der Waals surface area contributed by atoms with Crippen molar-refractivity contribution in [3.8, 4) is 0 Å². The molecular weight excluding hydrogens is 598 g/mol. The normalized spacial score (nSPS) is 8.75. The van der Waals surface area contributed by atoms with Crippen molar-refractivity contribution in [2.24, 2.45) is 0 Å². The first-order chi connectivity index (χ1) is 23.2. The maximum Gasteiger partial charge on any atom is 0.0558 e. The van der Waals surface area contributed by atoms with E-state index in [0.29, 0.717) is 0 Å². The largest absolute Gasteiger partial charge is 0.395 e. The van der Waals surface area contributed by atoms with Crippen molar-refractivity contribution in [3.05, 3.63) is 0 Å². The number of aliphatic hydroxyl groups is 1. The molecule has 306 valence electrons. The number of rotatable bonds is 20. The molecule has 0 aliphatic heterocycles. The third-order valence-corrected chi connectivity index (χ3v) is 5.31. The first-order valence-corrected chi connectivity index (χ1v) is 20.1. The Balaban J connectivity index is -0.0000000512. The topological polar surface area (TPSA) is 120 Å². The molecule has 0 aromatic heterocycles. The van der Waals surface area contributed by atoms with Gasteiger partial charge in [-0.25, -0.2) is 0 Å². The Morgan fingerprint density at radius 1 is 0.271 bits per heavy atom. The molecule has 0 spiro atoms. The van der Waals surface area contributed by atoms with Gasteiger partial charge >= 0.3 is 0 Å². The van der Waals surface area contributed by atoms with Gasteiger partial charge in [0.05, 0.1) is 6.61 Å². The van der Waals surface area contributed by atoms with Gasteiger partial charge in [-0.1, -0.05) is 125 Å². The van der Waals surface area contributed by atoms with Crippen molar-refractivity contribution in [1.82, 2.24) is 47.4 Å². The fraction of sp³-hybridized carbons (Fsp3) is 1.00. The van der Waals surface area contributed by atoms with E-state index in [-0.39, 0.29) is 6.61 Å². The van der Waals surface area contributed by atoms with Crippen LogP contribution in [0.3, 0.4) is 0 Å². The summed E-state index contributed by atoms with van der Waals surface area (Å²) in [5.41, 5.74) is 0. The Kier molecular flexibility index (Phi) is 150. The average Bonchev–Trinajstić information content (AvgIpc) is 3.09. The van der Waals surface area contributed by atoms with Crippen molar-refractivity contribution >= 4 is 0 Å². The molecule has 0 fully saturated rings. The molecule has 0 aliphatic carbocycles. The van der Waals surface area contributed by atoms with Crippen LogP contribution in [0, 0.1) is 0 Å². The number of nitrogens with zero attached hydrogens (tertiary/aromatic N) is 1. The molecule has 0 aromatic rings. The van der Waals surface area contributed by atoms with Crippen LogP contribution in [0.4, 0.5) is 0 Å². The first-order valence-electron chi connectivity index (χ1n) is 20.1. The van der Waals surface area contributed by atoms with E-state index in [1.54, 1.807) is 0 Å². The lowest BCUT2D eigenvalue weighted by Gasteiger charge is -2.15. The standard InChI is InChI=1S/C6H15NO.8C4H11N/c1-3-7(4-2)5-6-8;8*1-3-5-4-2/h8H,3-6H2,1-2H3;8*5H,3-4H2,1-2H3. The first kappa shape index (κ1) is 69.4. The molecule has 0 radical (unpaired) electrons. The summed E-state index contributed by atoms with van der Waals surface area (Å²) in [4.78, 5) is 2.18. The van der Waals surface area contributed by atoms with Gasteiger partial charge in [0.15, 0.2) is 0 Å². The highest BCUT2D eigenvalue weighted by Gasteiger charge is 1.93. The van der Waals surface area contributed by atoms with E-state index in [9.17, 15) is 0 Å². The summed E-state index contributed by atoms with van der Waals surface area (Å²) < 4.78 is 0. The van der Waals surface area contributed by atoms with Crippen LogP contribution in [0.25, 0.3) is 0 Å². The van der Waals surface area contributed by atoms with Gasteiger partial charge in [-0.2, -0.15) is 0 Å². The maximum atomic E-state index is 8.46. The third-order valence-electron chi connectivity index (χ3n) is 5.31. The van der Waals surface area contributed by atoms with Crippen molar-refractivity contribution in [3.63, 3.8) is 0 Å². The molecule has 48 heavy (non-hydrogen) atoms. The zero-order valence-corrected chi connectivity index (χ0v) is 37.0. The van der Waals surface area contributed by atoms with Crippen molar-refractivity contribution in [2.45, 2.75) is 125 Å². The molecule has 0 aliphatic rings. The highest BCUT2D eigenvalue weighted by molar-refractivity contribution is 4.48. The second-order valence-corrected chi connectivity index (χ2v) is 9.41. The fourth-order valence-electron chi connectivity index (χ4n) is 2.68. The van der Waals surface area contributed by atoms with E-state index in [4.69, 9.17) is 5.11 Å². The van der Waals surface area contributed by atoms with Gasteiger partial charge in [-0.05, 0) is 118 Å². The molecule has 0 rings (SSSR count). The van der Waals surface area contributed by atoms with Crippen LogP contribution >= 0.6 is 0 Å². The summed E-state index contributed by atoms with van der Waals surface area (Å²) in [6.45, 7) is 58.5. The molecule has 0 saturated heterocycles. The quantitative estimate of drug-likeness (QED) is 0.0834. The Hall–Kier alpha value is -0.400. The molecule has 0 saturated carbocycles. The van der Waals surface area contributed by atoms with Crippen LogP contribution in [0.15, 0.2) is 0 Å². The molecule has 10 nitrogen and oxygen atoms in total. The molecule has 9 N–H and O–H groups in total. The minimum absolute atomic E-state index is 0.279. The lowest BCUT2D eigenvalue weighted by atomic mass is 10.5. The van der Waals surface area contributed by atoms with Crippen molar-refractivity contribution < 1.29 is 5.11 Å². The van der Waals surface area contributed by atoms with Crippen LogP contribution in [0.2, 0.25) is 0 Å². The lowest BCUT2D eigenvalue weighted by Crippen LogP contribution is -2.25. The Bertz CT molecular complexity index is 255. The van der Waals surface area contributed by atoms with E-state index in [1.165, 1.54) is 0 Å². The number of hydrogen-bond acceptors (Lipinski definition) is 10. The molecule has 0 amide bonds. The number of aliphatic hydroxyl groups excluding tert-OH is 1. The maximum absolute atomic E-state index is 8.46. The van der Waals surface area contributed by atoms with E-state index < -0.39 is 0 Å². The van der Waals surface area contributed by atoms with Gasteiger partial charge in [-0.15, -0.1) is 0 Å². The van der Waals surface area contributed by atoms with E-state index in [2.05, 4.69) is 172 Å². The van der Waals surface area contributed by atoms with Gasteiger partial charge < -0.3 is 52.5 Å². The smallest absolute Gasteiger partial charge is 0.0558 e. The molecule has 0 atom stereocenters. The number of hydrogen-bond donors (Lipinski definition) is 9. The predicted molar refractivity (Wildman–Crippen MR) is 229 cm³/mol. The highest BCUT2D eigenvalue weighted by atomic mass is 16.3. The summed E-state index contributed by atoms with van der Waals surface area (Å²) in [5, 5.41) is 33.3. The van der Waals surface area contributed by atoms with Crippen molar-refractivity contribution in [1.29, 1.82) is 0 Å². The van der Waals surface area contributed by atoms with Crippen LogP contribution in [-0.2, 0) is 0 Å². The molecule has 0 aromatic carbocycles. The summed E-state index contributed by atoms with van der Waals surface area (Å²) in [7, 11) is 0. The Morgan fingerprint density at radius 3 is 0.417 bits per heavy atom. The molecular formula is C38H103N9O. The molecule has 0 bridgehead atoms. The summed E-state index contributed by atoms with van der Waals surface area (Å²) in [5.74, 6) is 0. The summed E-state index contributed by atoms with van der Waals surface area (Å²) in [6, 6.07) is 0. The number of likely N-dealkylation sites (N-methyl/N-ethyl adjacent to an activating group) is 1. The Labute approximate surface area is 307 Å². The van der Waals surface area contributed by atoms with Crippen LogP contribution in [0.1, 0.15) is 125 Å². The van der Waals surface area contributed by atoms with Gasteiger partial charge in [0.2, 0.25) is 0 Å². The summed E-state index contributed by atoms with van der Waals surface area (Å²) >= 11 is 0. The molecule has 10 heteroatoms. The fourth-order valence-corrected chi connectivity index (χ4v) is 2.68. The van der Waals surface area contributed by atoms with Crippen LogP contribution in [-0.4, -0.2) is 141 Å². The zero-order chi connectivity index (χ0) is 39.4. The molecule has 0 heterocycles. The minimum Gasteiger partial charge on any atom is -0.395 e. The zero-order valence-electron chi connectivity index (χ0n) is 37.0. The SMILES string of the molecule is CCN(CC)CCO.CCNCC.CCNCC.CCNCC.CCNCC.CCNCC.CCNCC.CCNCC.CCNCC. The van der Waals surface area contributed by atoms with Crippen LogP contribution < -0.4 is 42.5 Å². The van der Waals surface area contributed by atoms with Gasteiger partial charge in [0.25, 0.3) is 0 Å². The van der Waals surface area contributed by atoms with Crippen LogP contribution in [0.5, 0.6) is 0 Å². The second kappa shape index (κ2) is 103. The van der Waals surface area contributed by atoms with Gasteiger partial charge in [0.1, 0.15) is 0 Å². The lowest BCUT2D eigenvalue weighted by molar-refractivity contribution is 0.208. The Morgan fingerprint density at radius 2 is 0.396 bits per heavy atom. The average molecular weight is 702 g/mol. The monoisotopic (exact) mass is 702 g/mol. The molecule has 0 unspecified atom stereocenters.